The van der Waals surface area contributed by atoms with Crippen LogP contribution in [0, 0.1) is 0 Å². The van der Waals surface area contributed by atoms with E-state index in [1.807, 2.05) is 0 Å². The molecule has 0 aliphatic rings. The maximum absolute atomic E-state index is 12.4. The molecule has 0 bridgehead atoms. The van der Waals surface area contributed by atoms with Gasteiger partial charge in [0.05, 0.1) is 13.4 Å². The van der Waals surface area contributed by atoms with E-state index >= 15 is 0 Å². The largest absolute Gasteiger partial charge is 0.468 e. The number of carbonyl (C=O) groups is 3. The van der Waals surface area contributed by atoms with Gasteiger partial charge in [0.15, 0.2) is 11.2 Å². The number of nitrogens with zero attached hydrogens (tertiary/aromatic N) is 4. The Balaban J connectivity index is 2.25. The highest BCUT2D eigenvalue weighted by Gasteiger charge is 2.24. The molecule has 0 radical (unpaired) electrons. The van der Waals surface area contributed by atoms with E-state index < -0.39 is 29.1 Å². The molecular formula is C17H24N6O6. The Morgan fingerprint density at radius 1 is 1.31 bits per heavy atom. The van der Waals surface area contributed by atoms with Gasteiger partial charge >= 0.3 is 12.1 Å². The third kappa shape index (κ3) is 6.02. The number of rotatable bonds is 6. The van der Waals surface area contributed by atoms with Crippen LogP contribution in [0.4, 0.5) is 10.7 Å². The van der Waals surface area contributed by atoms with Crippen LogP contribution in [0.2, 0.25) is 0 Å². The molecule has 158 valence electrons. The van der Waals surface area contributed by atoms with Crippen LogP contribution >= 0.6 is 0 Å². The van der Waals surface area contributed by atoms with Crippen molar-refractivity contribution in [2.45, 2.75) is 39.8 Å². The molecule has 2 N–H and O–H groups in total. The van der Waals surface area contributed by atoms with Crippen molar-refractivity contribution in [3.8, 4) is 0 Å². The average Bonchev–Trinajstić information content (AvgIpc) is 2.99. The molecule has 2 aromatic heterocycles. The van der Waals surface area contributed by atoms with Gasteiger partial charge in [-0.15, -0.1) is 0 Å². The summed E-state index contributed by atoms with van der Waals surface area (Å²) in [6, 6.07) is 0. The molecular weight excluding hydrogens is 384 g/mol. The number of nitrogens with one attached hydrogen (secondary N) is 2. The van der Waals surface area contributed by atoms with E-state index in [0.29, 0.717) is 0 Å². The molecule has 0 aliphatic carbocycles. The van der Waals surface area contributed by atoms with E-state index in [1.54, 1.807) is 20.8 Å². The zero-order valence-corrected chi connectivity index (χ0v) is 16.9. The van der Waals surface area contributed by atoms with Crippen LogP contribution in [0.3, 0.4) is 0 Å². The van der Waals surface area contributed by atoms with Gasteiger partial charge < -0.3 is 14.0 Å². The second-order valence-electron chi connectivity index (χ2n) is 7.18. The van der Waals surface area contributed by atoms with Crippen molar-refractivity contribution in [1.29, 1.82) is 0 Å². The molecule has 0 spiro atoms. The molecule has 12 nitrogen and oxygen atoms in total. The number of aromatic nitrogens is 4. The summed E-state index contributed by atoms with van der Waals surface area (Å²) < 4.78 is 11.5. The number of amides is 2. The number of fused-ring (bicyclic) bond motifs is 1. The van der Waals surface area contributed by atoms with Gasteiger partial charge in [-0.25, -0.2) is 9.78 Å². The number of anilines is 1. The first-order valence-electron chi connectivity index (χ1n) is 8.77. The van der Waals surface area contributed by atoms with Gasteiger partial charge in [0.2, 0.25) is 11.9 Å². The van der Waals surface area contributed by atoms with Crippen LogP contribution in [0.15, 0.2) is 11.1 Å². The Morgan fingerprint density at radius 2 is 2.00 bits per heavy atom. The average molecular weight is 408 g/mol. The molecule has 2 amide bonds. The zero-order valence-electron chi connectivity index (χ0n) is 16.9. The number of H-pyrrole nitrogens is 1. The summed E-state index contributed by atoms with van der Waals surface area (Å²) in [5.41, 5.74) is -0.957. The maximum atomic E-state index is 12.4. The van der Waals surface area contributed by atoms with Crippen LogP contribution in [-0.4, -0.2) is 68.2 Å². The standard InChI is InChI=1S/C17H24N6O6/c1-10(24)19-15-20-13-12(14(26)21-15)18-9-23(13)7-6-22(8-11(25)28-5)16(27)29-17(2,3)4/h9H,6-8H2,1-5H3,(H2,19,20,21,24,26). The smallest absolute Gasteiger partial charge is 0.410 e. The van der Waals surface area contributed by atoms with Crippen LogP contribution in [-0.2, 0) is 25.6 Å². The minimum atomic E-state index is -0.741. The molecule has 2 rings (SSSR count). The van der Waals surface area contributed by atoms with Crippen molar-refractivity contribution in [3.63, 3.8) is 0 Å². The number of hydrogen-bond acceptors (Lipinski definition) is 8. The topological polar surface area (TPSA) is 149 Å². The lowest BCUT2D eigenvalue weighted by molar-refractivity contribution is -0.141. The van der Waals surface area contributed by atoms with Crippen molar-refractivity contribution in [2.24, 2.45) is 0 Å². The van der Waals surface area contributed by atoms with Crippen molar-refractivity contribution in [2.75, 3.05) is 25.5 Å². The van der Waals surface area contributed by atoms with Gasteiger partial charge in [-0.2, -0.15) is 4.98 Å². The Bertz CT molecular complexity index is 973. The van der Waals surface area contributed by atoms with E-state index in [9.17, 15) is 19.2 Å². The lowest BCUT2D eigenvalue weighted by Crippen LogP contribution is -2.41. The molecule has 0 aromatic carbocycles. The monoisotopic (exact) mass is 408 g/mol. The number of imidazole rings is 1. The van der Waals surface area contributed by atoms with Gasteiger partial charge in [0, 0.05) is 20.0 Å². The number of hydrogen-bond donors (Lipinski definition) is 2. The van der Waals surface area contributed by atoms with Crippen LogP contribution in [0.25, 0.3) is 11.2 Å². The van der Waals surface area contributed by atoms with Gasteiger partial charge in [-0.3, -0.25) is 29.6 Å². The maximum Gasteiger partial charge on any atom is 0.410 e. The molecule has 2 heterocycles. The number of carbonyl (C=O) groups excluding carboxylic acids is 3. The van der Waals surface area contributed by atoms with Crippen LogP contribution in [0.5, 0.6) is 0 Å². The second kappa shape index (κ2) is 8.71. The summed E-state index contributed by atoms with van der Waals surface area (Å²) >= 11 is 0. The van der Waals surface area contributed by atoms with Gasteiger partial charge in [0.25, 0.3) is 5.56 Å². The molecule has 0 atom stereocenters. The normalized spacial score (nSPS) is 11.2. The molecule has 0 aliphatic heterocycles. The number of aromatic amines is 1. The van der Waals surface area contributed by atoms with Crippen molar-refractivity contribution >= 4 is 35.1 Å². The summed E-state index contributed by atoms with van der Waals surface area (Å²) in [5.74, 6) is -1.02. The SMILES string of the molecule is COC(=O)CN(CCn1cnc2c(=O)[nH]c(NC(C)=O)nc21)C(=O)OC(C)(C)C. The number of ether oxygens (including phenoxy) is 2. The Labute approximate surface area is 166 Å². The molecule has 2 aromatic rings. The van der Waals surface area contributed by atoms with Gasteiger partial charge in [0.1, 0.15) is 12.1 Å². The zero-order chi connectivity index (χ0) is 21.8. The number of methoxy groups -OCH3 is 1. The summed E-state index contributed by atoms with van der Waals surface area (Å²) in [6.07, 6.45) is 0.702. The summed E-state index contributed by atoms with van der Waals surface area (Å²) in [7, 11) is 1.22. The molecule has 0 saturated carbocycles. The summed E-state index contributed by atoms with van der Waals surface area (Å²) in [5, 5.41) is 2.40. The Morgan fingerprint density at radius 3 is 2.59 bits per heavy atom. The second-order valence-corrected chi connectivity index (χ2v) is 7.18. The quantitative estimate of drug-likeness (QED) is 0.656. The van der Waals surface area contributed by atoms with Gasteiger partial charge in [-0.05, 0) is 20.8 Å². The highest BCUT2D eigenvalue weighted by Crippen LogP contribution is 2.12. The van der Waals surface area contributed by atoms with Crippen molar-refractivity contribution in [3.05, 3.63) is 16.7 Å². The predicted octanol–water partition coefficient (Wildman–Crippen LogP) is 0.488. The molecule has 12 heteroatoms. The highest BCUT2D eigenvalue weighted by atomic mass is 16.6. The molecule has 29 heavy (non-hydrogen) atoms. The van der Waals surface area contributed by atoms with E-state index in [4.69, 9.17) is 4.74 Å². The minimum absolute atomic E-state index is 0.0182. The highest BCUT2D eigenvalue weighted by molar-refractivity contribution is 5.87. The molecule has 0 fully saturated rings. The van der Waals surface area contributed by atoms with E-state index in [0.717, 1.165) is 0 Å². The van der Waals surface area contributed by atoms with Gasteiger partial charge in [-0.1, -0.05) is 0 Å². The van der Waals surface area contributed by atoms with E-state index in [1.165, 1.54) is 29.8 Å². The lowest BCUT2D eigenvalue weighted by atomic mass is 10.2. The van der Waals surface area contributed by atoms with Crippen LogP contribution < -0.4 is 10.9 Å². The lowest BCUT2D eigenvalue weighted by Gasteiger charge is -2.26. The summed E-state index contributed by atoms with van der Waals surface area (Å²) in [6.45, 7) is 6.36. The number of esters is 1. The fourth-order valence-electron chi connectivity index (χ4n) is 2.35. The first-order valence-corrected chi connectivity index (χ1v) is 8.77. The fraction of sp³-hybridized carbons (Fsp3) is 0.529. The fourth-order valence-corrected chi connectivity index (χ4v) is 2.35. The molecule has 0 unspecified atom stereocenters. The minimum Gasteiger partial charge on any atom is -0.468 e. The first-order chi connectivity index (χ1) is 13.5. The van der Waals surface area contributed by atoms with Crippen LogP contribution in [0.1, 0.15) is 27.7 Å². The van der Waals surface area contributed by atoms with E-state index in [2.05, 4.69) is 25.0 Å². The third-order valence-corrected chi connectivity index (χ3v) is 3.58. The van der Waals surface area contributed by atoms with E-state index in [-0.39, 0.29) is 36.7 Å². The Hall–Kier alpha value is -3.44. The first kappa shape index (κ1) is 21.9. The van der Waals surface area contributed by atoms with Crippen molar-refractivity contribution in [1.82, 2.24) is 24.4 Å². The summed E-state index contributed by atoms with van der Waals surface area (Å²) in [4.78, 5) is 59.2. The Kier molecular flexibility index (Phi) is 6.56. The van der Waals surface area contributed by atoms with Crippen molar-refractivity contribution < 1.29 is 23.9 Å². The molecule has 0 saturated heterocycles. The predicted molar refractivity (Wildman–Crippen MR) is 102 cm³/mol. The third-order valence-electron chi connectivity index (χ3n) is 3.58.